The molecule has 17 heavy (non-hydrogen) atoms. The Morgan fingerprint density at radius 1 is 1.53 bits per heavy atom. The lowest BCUT2D eigenvalue weighted by molar-refractivity contribution is -0.142. The first kappa shape index (κ1) is 12.8. The van der Waals surface area contributed by atoms with Crippen molar-refractivity contribution in [2.24, 2.45) is 5.41 Å². The maximum absolute atomic E-state index is 11.2. The van der Waals surface area contributed by atoms with Crippen LogP contribution in [-0.4, -0.2) is 53.5 Å². The van der Waals surface area contributed by atoms with Crippen LogP contribution in [0.5, 0.6) is 0 Å². The van der Waals surface area contributed by atoms with Gasteiger partial charge in [-0.25, -0.2) is 0 Å². The normalized spacial score (nSPS) is 35.9. The van der Waals surface area contributed by atoms with E-state index in [0.717, 1.165) is 6.42 Å². The Hall–Kier alpha value is -0.625. The van der Waals surface area contributed by atoms with Gasteiger partial charge < -0.3 is 25.2 Å². The van der Waals surface area contributed by atoms with E-state index in [1.165, 1.54) is 0 Å². The summed E-state index contributed by atoms with van der Waals surface area (Å²) in [5.74, 6) is -0.845. The van der Waals surface area contributed by atoms with Crippen LogP contribution in [0.4, 0.5) is 0 Å². The van der Waals surface area contributed by atoms with Crippen LogP contribution in [0.15, 0.2) is 0 Å². The van der Waals surface area contributed by atoms with E-state index in [9.17, 15) is 9.90 Å². The maximum atomic E-state index is 11.2. The van der Waals surface area contributed by atoms with Gasteiger partial charge in [0, 0.05) is 18.6 Å². The second-order valence-corrected chi connectivity index (χ2v) is 4.89. The van der Waals surface area contributed by atoms with Crippen LogP contribution in [0, 0.1) is 5.41 Å². The number of hydrogen-bond donors (Lipinski definition) is 4. The molecule has 0 bridgehead atoms. The zero-order chi connectivity index (χ0) is 12.5. The largest absolute Gasteiger partial charge is 0.480 e. The summed E-state index contributed by atoms with van der Waals surface area (Å²) in [5, 5.41) is 29.9. The molecule has 0 spiro atoms. The van der Waals surface area contributed by atoms with Crippen molar-refractivity contribution in [2.45, 2.75) is 37.7 Å². The van der Waals surface area contributed by atoms with Crippen molar-refractivity contribution >= 4 is 13.1 Å². The number of nitrogens with one attached hydrogen (secondary N) is 1. The van der Waals surface area contributed by atoms with Crippen molar-refractivity contribution in [3.05, 3.63) is 0 Å². The van der Waals surface area contributed by atoms with Gasteiger partial charge in [0.05, 0.1) is 6.10 Å². The second kappa shape index (κ2) is 4.93. The van der Waals surface area contributed by atoms with Gasteiger partial charge in [0.25, 0.3) is 0 Å². The number of rotatable bonds is 5. The molecule has 96 valence electrons. The Bertz CT molecular complexity index is 300. The van der Waals surface area contributed by atoms with Crippen molar-refractivity contribution < 1.29 is 24.7 Å². The summed E-state index contributed by atoms with van der Waals surface area (Å²) in [5.41, 5.74) is -0.374. The lowest BCUT2D eigenvalue weighted by atomic mass is 9.71. The number of aliphatic carboxylic acids is 1. The highest BCUT2D eigenvalue weighted by molar-refractivity contribution is 6.40. The first-order valence-corrected chi connectivity index (χ1v) is 6.00. The number of ether oxygens (including phenoxy) is 1. The molecule has 2 saturated heterocycles. The predicted molar refractivity (Wildman–Crippen MR) is 60.4 cm³/mol. The van der Waals surface area contributed by atoms with Crippen LogP contribution in [0.25, 0.3) is 0 Å². The van der Waals surface area contributed by atoms with E-state index in [4.69, 9.17) is 14.8 Å². The molecular weight excluding hydrogens is 225 g/mol. The third-order valence-electron chi connectivity index (χ3n) is 3.96. The molecule has 2 aliphatic heterocycles. The van der Waals surface area contributed by atoms with E-state index < -0.39 is 19.1 Å². The van der Waals surface area contributed by atoms with E-state index in [1.807, 2.05) is 0 Å². The maximum Gasteiger partial charge on any atom is 0.451 e. The van der Waals surface area contributed by atoms with Crippen molar-refractivity contribution in [3.63, 3.8) is 0 Å². The minimum absolute atomic E-state index is 0.0561. The quantitative estimate of drug-likeness (QED) is 0.466. The minimum atomic E-state index is -1.31. The van der Waals surface area contributed by atoms with Gasteiger partial charge in [-0.15, -0.1) is 0 Å². The molecule has 0 saturated carbocycles. The molecule has 3 atom stereocenters. The lowest BCUT2D eigenvalue weighted by Gasteiger charge is -2.31. The van der Waals surface area contributed by atoms with Gasteiger partial charge in [-0.05, 0) is 19.2 Å². The average molecular weight is 243 g/mol. The van der Waals surface area contributed by atoms with Crippen LogP contribution in [-0.2, 0) is 9.53 Å². The fourth-order valence-corrected chi connectivity index (χ4v) is 3.12. The van der Waals surface area contributed by atoms with Crippen molar-refractivity contribution in [3.8, 4) is 0 Å². The molecule has 0 radical (unpaired) electrons. The highest BCUT2D eigenvalue weighted by Crippen LogP contribution is 2.46. The van der Waals surface area contributed by atoms with Crippen LogP contribution < -0.4 is 5.32 Å². The SMILES string of the molecule is O=C(O)C1NCC2OCCC21CCCB(O)O. The molecular formula is C10H18BNO5. The Morgan fingerprint density at radius 2 is 2.29 bits per heavy atom. The molecule has 2 heterocycles. The highest BCUT2D eigenvalue weighted by atomic mass is 16.5. The molecule has 0 aromatic heterocycles. The fourth-order valence-electron chi connectivity index (χ4n) is 3.12. The number of carboxylic acids is 1. The topological polar surface area (TPSA) is 99.0 Å². The zero-order valence-electron chi connectivity index (χ0n) is 9.63. The summed E-state index contributed by atoms with van der Waals surface area (Å²) >= 11 is 0. The van der Waals surface area contributed by atoms with Gasteiger partial charge in [-0.3, -0.25) is 4.79 Å². The standard InChI is InChI=1S/C10H18BNO5/c13-9(14)8-10(2-1-4-11(15)16)3-5-17-7(10)6-12-8/h7-8,12,15-16H,1-6H2,(H,13,14). The van der Waals surface area contributed by atoms with Gasteiger partial charge >= 0.3 is 13.1 Å². The summed E-state index contributed by atoms with van der Waals surface area (Å²) in [6, 6.07) is -0.578. The van der Waals surface area contributed by atoms with Crippen molar-refractivity contribution in [1.82, 2.24) is 5.32 Å². The van der Waals surface area contributed by atoms with Gasteiger partial charge in [0.2, 0.25) is 0 Å². The molecule has 2 fully saturated rings. The first-order chi connectivity index (χ1) is 8.06. The van der Waals surface area contributed by atoms with Crippen LogP contribution in [0.1, 0.15) is 19.3 Å². The van der Waals surface area contributed by atoms with E-state index >= 15 is 0 Å². The monoisotopic (exact) mass is 243 g/mol. The number of carbonyl (C=O) groups is 1. The summed E-state index contributed by atoms with van der Waals surface area (Å²) in [4.78, 5) is 11.2. The average Bonchev–Trinajstić information content (AvgIpc) is 2.73. The number of carboxylic acid groups (broad SMARTS) is 1. The van der Waals surface area contributed by atoms with E-state index in [0.29, 0.717) is 26.0 Å². The summed E-state index contributed by atoms with van der Waals surface area (Å²) < 4.78 is 5.57. The van der Waals surface area contributed by atoms with Crippen LogP contribution in [0.2, 0.25) is 6.32 Å². The number of fused-ring (bicyclic) bond motifs is 1. The van der Waals surface area contributed by atoms with E-state index in [2.05, 4.69) is 5.32 Å². The van der Waals surface area contributed by atoms with Gasteiger partial charge in [0.1, 0.15) is 6.04 Å². The Morgan fingerprint density at radius 3 is 2.94 bits per heavy atom. The molecule has 7 heteroatoms. The summed E-state index contributed by atoms with van der Waals surface area (Å²) in [6.07, 6.45) is 2.20. The molecule has 6 nitrogen and oxygen atoms in total. The minimum Gasteiger partial charge on any atom is -0.480 e. The van der Waals surface area contributed by atoms with E-state index in [1.54, 1.807) is 0 Å². The molecule has 0 amide bonds. The van der Waals surface area contributed by atoms with Crippen LogP contribution >= 0.6 is 0 Å². The van der Waals surface area contributed by atoms with Crippen molar-refractivity contribution in [1.29, 1.82) is 0 Å². The van der Waals surface area contributed by atoms with Gasteiger partial charge in [-0.1, -0.05) is 6.42 Å². The van der Waals surface area contributed by atoms with Gasteiger partial charge in [-0.2, -0.15) is 0 Å². The Kier molecular flexibility index (Phi) is 3.72. The zero-order valence-corrected chi connectivity index (χ0v) is 9.63. The Labute approximate surface area is 100 Å². The molecule has 4 N–H and O–H groups in total. The smallest absolute Gasteiger partial charge is 0.451 e. The molecule has 2 aliphatic rings. The highest BCUT2D eigenvalue weighted by Gasteiger charge is 2.56. The third-order valence-corrected chi connectivity index (χ3v) is 3.96. The summed E-state index contributed by atoms with van der Waals surface area (Å²) in [6.45, 7) is 1.16. The lowest BCUT2D eigenvalue weighted by Crippen LogP contribution is -2.44. The first-order valence-electron chi connectivity index (χ1n) is 6.00. The molecule has 0 aliphatic carbocycles. The number of hydrogen-bond acceptors (Lipinski definition) is 5. The van der Waals surface area contributed by atoms with Crippen LogP contribution in [0.3, 0.4) is 0 Å². The molecule has 2 rings (SSSR count). The molecule has 0 aromatic carbocycles. The Balaban J connectivity index is 2.03. The molecule has 3 unspecified atom stereocenters. The fraction of sp³-hybridized carbons (Fsp3) is 0.900. The summed E-state index contributed by atoms with van der Waals surface area (Å²) in [7, 11) is -1.31. The van der Waals surface area contributed by atoms with E-state index in [-0.39, 0.29) is 17.8 Å². The van der Waals surface area contributed by atoms with Crippen molar-refractivity contribution in [2.75, 3.05) is 13.2 Å². The molecule has 0 aromatic rings. The predicted octanol–water partition coefficient (Wildman–Crippen LogP) is -0.929. The second-order valence-electron chi connectivity index (χ2n) is 4.89. The third kappa shape index (κ3) is 2.33. The van der Waals surface area contributed by atoms with Gasteiger partial charge in [0.15, 0.2) is 0 Å².